The summed E-state index contributed by atoms with van der Waals surface area (Å²) in [7, 11) is 0. The predicted molar refractivity (Wildman–Crippen MR) is 75.7 cm³/mol. The lowest BCUT2D eigenvalue weighted by Crippen LogP contribution is -2.41. The van der Waals surface area contributed by atoms with Gasteiger partial charge in [0.1, 0.15) is 4.34 Å². The van der Waals surface area contributed by atoms with E-state index in [1.807, 2.05) is 0 Å². The lowest BCUT2D eigenvalue weighted by molar-refractivity contribution is 0.0847. The molecule has 0 radical (unpaired) electrons. The predicted octanol–water partition coefficient (Wildman–Crippen LogP) is 3.13. The summed E-state index contributed by atoms with van der Waals surface area (Å²) in [6.07, 6.45) is 0. The summed E-state index contributed by atoms with van der Waals surface area (Å²) in [6, 6.07) is 9.96. The van der Waals surface area contributed by atoms with Gasteiger partial charge >= 0.3 is 0 Å². The Bertz CT molecular complexity index is 613. The standard InChI is InChI=1S/C12H8Cl2N2O2S/c13-9-6-8(10(14)19-9)12(18)16-15-11(17)7-4-2-1-3-5-7/h1-6H,(H,15,17)(H,16,18). The quantitative estimate of drug-likeness (QED) is 0.837. The molecule has 4 nitrogen and oxygen atoms in total. The summed E-state index contributed by atoms with van der Waals surface area (Å²) in [5, 5.41) is 0. The first-order valence-corrected chi connectivity index (χ1v) is 6.75. The van der Waals surface area contributed by atoms with Crippen molar-refractivity contribution in [3.8, 4) is 0 Å². The monoisotopic (exact) mass is 314 g/mol. The zero-order valence-electron chi connectivity index (χ0n) is 9.44. The van der Waals surface area contributed by atoms with E-state index in [0.29, 0.717) is 9.90 Å². The van der Waals surface area contributed by atoms with Crippen LogP contribution in [-0.4, -0.2) is 11.8 Å². The highest BCUT2D eigenvalue weighted by atomic mass is 35.5. The van der Waals surface area contributed by atoms with Gasteiger partial charge < -0.3 is 0 Å². The number of amides is 2. The molecule has 0 aliphatic rings. The van der Waals surface area contributed by atoms with E-state index >= 15 is 0 Å². The molecule has 2 amide bonds. The molecule has 0 saturated carbocycles. The van der Waals surface area contributed by atoms with Gasteiger partial charge in [0, 0.05) is 5.56 Å². The third-order valence-corrected chi connectivity index (χ3v) is 3.71. The molecule has 19 heavy (non-hydrogen) atoms. The first-order chi connectivity index (χ1) is 9.08. The lowest BCUT2D eigenvalue weighted by Gasteiger charge is -2.06. The summed E-state index contributed by atoms with van der Waals surface area (Å²) in [4.78, 5) is 23.4. The van der Waals surface area contributed by atoms with Crippen LogP contribution in [-0.2, 0) is 0 Å². The number of halogens is 2. The zero-order valence-corrected chi connectivity index (χ0v) is 11.8. The van der Waals surface area contributed by atoms with Crippen LogP contribution in [0.1, 0.15) is 20.7 Å². The minimum atomic E-state index is -0.516. The minimum Gasteiger partial charge on any atom is -0.267 e. The fourth-order valence-corrected chi connectivity index (χ4v) is 2.80. The molecule has 0 atom stereocenters. The van der Waals surface area contributed by atoms with Crippen molar-refractivity contribution in [3.63, 3.8) is 0 Å². The van der Waals surface area contributed by atoms with Gasteiger partial charge in [-0.1, -0.05) is 41.4 Å². The number of hydrogen-bond donors (Lipinski definition) is 2. The van der Waals surface area contributed by atoms with Crippen LogP contribution >= 0.6 is 34.5 Å². The molecule has 2 rings (SSSR count). The molecule has 1 heterocycles. The van der Waals surface area contributed by atoms with Gasteiger partial charge in [-0.2, -0.15) is 0 Å². The Balaban J connectivity index is 1.98. The van der Waals surface area contributed by atoms with Crippen molar-refractivity contribution < 1.29 is 9.59 Å². The van der Waals surface area contributed by atoms with E-state index in [1.165, 1.54) is 6.07 Å². The molecule has 0 bridgehead atoms. The molecule has 0 aliphatic heterocycles. The molecular weight excluding hydrogens is 307 g/mol. The molecular formula is C12H8Cl2N2O2S. The second-order valence-electron chi connectivity index (χ2n) is 3.51. The molecule has 1 aromatic heterocycles. The Morgan fingerprint density at radius 1 is 1.00 bits per heavy atom. The van der Waals surface area contributed by atoms with Gasteiger partial charge in [-0.15, -0.1) is 11.3 Å². The Morgan fingerprint density at radius 3 is 2.21 bits per heavy atom. The first kappa shape index (κ1) is 13.9. The first-order valence-electron chi connectivity index (χ1n) is 5.18. The Morgan fingerprint density at radius 2 is 1.63 bits per heavy atom. The van der Waals surface area contributed by atoms with E-state index in [0.717, 1.165) is 11.3 Å². The highest BCUT2D eigenvalue weighted by molar-refractivity contribution is 7.20. The van der Waals surface area contributed by atoms with Crippen LogP contribution in [0.25, 0.3) is 0 Å². The number of nitrogens with one attached hydrogen (secondary N) is 2. The molecule has 98 valence electrons. The van der Waals surface area contributed by atoms with Crippen molar-refractivity contribution in [1.29, 1.82) is 0 Å². The molecule has 0 unspecified atom stereocenters. The molecule has 2 N–H and O–H groups in total. The van der Waals surface area contributed by atoms with E-state index < -0.39 is 11.8 Å². The summed E-state index contributed by atoms with van der Waals surface area (Å²) >= 11 is 12.7. The van der Waals surface area contributed by atoms with Crippen LogP contribution in [0.2, 0.25) is 8.67 Å². The average Bonchev–Trinajstić information content (AvgIpc) is 2.75. The van der Waals surface area contributed by atoms with Crippen molar-refractivity contribution in [3.05, 3.63) is 56.2 Å². The topological polar surface area (TPSA) is 58.2 Å². The van der Waals surface area contributed by atoms with Gasteiger partial charge in [0.15, 0.2) is 0 Å². The van der Waals surface area contributed by atoms with Gasteiger partial charge in [-0.3, -0.25) is 20.4 Å². The number of rotatable bonds is 2. The smallest absolute Gasteiger partial charge is 0.267 e. The van der Waals surface area contributed by atoms with Gasteiger partial charge in [0.25, 0.3) is 11.8 Å². The lowest BCUT2D eigenvalue weighted by atomic mass is 10.2. The number of hydrazine groups is 1. The maximum atomic E-state index is 11.8. The second-order valence-corrected chi connectivity index (χ2v) is 5.80. The summed E-state index contributed by atoms with van der Waals surface area (Å²) in [5.41, 5.74) is 5.24. The number of carbonyl (C=O) groups excluding carboxylic acids is 2. The average molecular weight is 315 g/mol. The second kappa shape index (κ2) is 6.06. The van der Waals surface area contributed by atoms with Crippen molar-refractivity contribution in [2.24, 2.45) is 0 Å². The molecule has 0 fully saturated rings. The van der Waals surface area contributed by atoms with Crippen LogP contribution in [0.5, 0.6) is 0 Å². The number of thiophene rings is 1. The number of hydrogen-bond acceptors (Lipinski definition) is 3. The van der Waals surface area contributed by atoms with Crippen LogP contribution in [0.15, 0.2) is 36.4 Å². The third-order valence-electron chi connectivity index (χ3n) is 2.23. The van der Waals surface area contributed by atoms with E-state index in [2.05, 4.69) is 10.9 Å². The Hall–Kier alpha value is -1.56. The molecule has 1 aromatic carbocycles. The number of carbonyl (C=O) groups is 2. The Labute approximate surface area is 123 Å². The SMILES string of the molecule is O=C(NNC(=O)c1cc(Cl)sc1Cl)c1ccccc1. The summed E-state index contributed by atoms with van der Waals surface area (Å²) in [5.74, 6) is -0.927. The molecule has 2 aromatic rings. The highest BCUT2D eigenvalue weighted by Crippen LogP contribution is 2.30. The van der Waals surface area contributed by atoms with Gasteiger partial charge in [0.05, 0.1) is 9.90 Å². The highest BCUT2D eigenvalue weighted by Gasteiger charge is 2.15. The van der Waals surface area contributed by atoms with Crippen LogP contribution in [0.4, 0.5) is 0 Å². The van der Waals surface area contributed by atoms with Crippen molar-refractivity contribution in [2.45, 2.75) is 0 Å². The van der Waals surface area contributed by atoms with Crippen LogP contribution in [0.3, 0.4) is 0 Å². The van der Waals surface area contributed by atoms with E-state index in [-0.39, 0.29) is 9.90 Å². The minimum absolute atomic E-state index is 0.227. The summed E-state index contributed by atoms with van der Waals surface area (Å²) < 4.78 is 0.681. The fraction of sp³-hybridized carbons (Fsp3) is 0. The third kappa shape index (κ3) is 3.47. The normalized spacial score (nSPS) is 10.0. The number of benzene rings is 1. The molecule has 0 spiro atoms. The zero-order chi connectivity index (χ0) is 13.8. The van der Waals surface area contributed by atoms with Crippen LogP contribution < -0.4 is 10.9 Å². The van der Waals surface area contributed by atoms with Gasteiger partial charge in [-0.25, -0.2) is 0 Å². The van der Waals surface area contributed by atoms with Crippen molar-refractivity contribution in [2.75, 3.05) is 0 Å². The maximum Gasteiger partial charge on any atom is 0.272 e. The fourth-order valence-electron chi connectivity index (χ4n) is 1.34. The van der Waals surface area contributed by atoms with E-state index in [9.17, 15) is 9.59 Å². The summed E-state index contributed by atoms with van der Waals surface area (Å²) in [6.45, 7) is 0. The van der Waals surface area contributed by atoms with Crippen molar-refractivity contribution in [1.82, 2.24) is 10.9 Å². The van der Waals surface area contributed by atoms with Crippen LogP contribution in [0, 0.1) is 0 Å². The van der Waals surface area contributed by atoms with Gasteiger partial charge in [0.2, 0.25) is 0 Å². The molecule has 0 saturated heterocycles. The largest absolute Gasteiger partial charge is 0.272 e. The molecule has 0 aliphatic carbocycles. The molecule has 7 heteroatoms. The van der Waals surface area contributed by atoms with Gasteiger partial charge in [-0.05, 0) is 18.2 Å². The Kier molecular flexibility index (Phi) is 4.42. The maximum absolute atomic E-state index is 11.8. The van der Waals surface area contributed by atoms with E-state index in [1.54, 1.807) is 30.3 Å². The van der Waals surface area contributed by atoms with E-state index in [4.69, 9.17) is 23.2 Å². The van der Waals surface area contributed by atoms with Crippen molar-refractivity contribution >= 4 is 46.4 Å².